The maximum Gasteiger partial charge on any atom is 0.0419 e. The van der Waals surface area contributed by atoms with Gasteiger partial charge in [0.25, 0.3) is 0 Å². The summed E-state index contributed by atoms with van der Waals surface area (Å²) in [5.41, 5.74) is 6.70. The van der Waals surface area contributed by atoms with Crippen LogP contribution in [0.4, 0.5) is 5.69 Å². The quantitative estimate of drug-likeness (QED) is 0.844. The fourth-order valence-corrected chi connectivity index (χ4v) is 2.60. The average Bonchev–Trinajstić information content (AvgIpc) is 2.84. The molecule has 0 fully saturated rings. The Morgan fingerprint density at radius 3 is 2.50 bits per heavy atom. The van der Waals surface area contributed by atoms with Crippen LogP contribution in [0.15, 0.2) is 54.6 Å². The number of allylic oxidation sites excluding steroid dienone is 1. The smallest absolute Gasteiger partial charge is 0.0419 e. The first-order valence-corrected chi connectivity index (χ1v) is 6.52. The monoisotopic (exact) mass is 235 g/mol. The Balaban J connectivity index is 2.07. The Morgan fingerprint density at radius 2 is 1.67 bits per heavy atom. The zero-order valence-electron chi connectivity index (χ0n) is 10.6. The van der Waals surface area contributed by atoms with Crippen LogP contribution in [-0.2, 0) is 6.42 Å². The summed E-state index contributed by atoms with van der Waals surface area (Å²) < 4.78 is 0. The van der Waals surface area contributed by atoms with Gasteiger partial charge in [-0.3, -0.25) is 0 Å². The molecule has 1 aliphatic carbocycles. The van der Waals surface area contributed by atoms with Crippen molar-refractivity contribution in [3.63, 3.8) is 0 Å². The predicted octanol–water partition coefficient (Wildman–Crippen LogP) is 4.11. The molecule has 0 spiro atoms. The van der Waals surface area contributed by atoms with E-state index in [0.29, 0.717) is 0 Å². The third kappa shape index (κ3) is 1.82. The van der Waals surface area contributed by atoms with E-state index in [4.69, 9.17) is 0 Å². The van der Waals surface area contributed by atoms with E-state index in [2.05, 4.69) is 66.8 Å². The van der Waals surface area contributed by atoms with Crippen LogP contribution in [0.2, 0.25) is 0 Å². The molecule has 0 saturated carbocycles. The Hall–Kier alpha value is -2.02. The van der Waals surface area contributed by atoms with E-state index in [-0.39, 0.29) is 0 Å². The summed E-state index contributed by atoms with van der Waals surface area (Å²) in [7, 11) is 0. The van der Waals surface area contributed by atoms with Gasteiger partial charge in [0, 0.05) is 17.8 Å². The third-order valence-electron chi connectivity index (χ3n) is 3.42. The van der Waals surface area contributed by atoms with Crippen molar-refractivity contribution in [1.82, 2.24) is 0 Å². The molecule has 0 atom stereocenters. The average molecular weight is 235 g/mol. The minimum atomic E-state index is 0.950. The minimum Gasteiger partial charge on any atom is -0.385 e. The number of fused-ring (bicyclic) bond motifs is 1. The molecule has 2 aromatic rings. The van der Waals surface area contributed by atoms with Gasteiger partial charge in [0.05, 0.1) is 0 Å². The van der Waals surface area contributed by atoms with E-state index >= 15 is 0 Å². The number of rotatable bonds is 3. The number of nitrogens with one attached hydrogen (secondary N) is 1. The van der Waals surface area contributed by atoms with Crippen molar-refractivity contribution in [3.05, 3.63) is 71.3 Å². The SMILES string of the molecule is CCNc1ccccc1C1=CCc2ccccc21. The van der Waals surface area contributed by atoms with Gasteiger partial charge in [-0.15, -0.1) is 0 Å². The van der Waals surface area contributed by atoms with Crippen molar-refractivity contribution >= 4 is 11.3 Å². The predicted molar refractivity (Wildman–Crippen MR) is 77.8 cm³/mol. The van der Waals surface area contributed by atoms with Gasteiger partial charge in [0.15, 0.2) is 0 Å². The zero-order valence-corrected chi connectivity index (χ0v) is 10.6. The summed E-state index contributed by atoms with van der Waals surface area (Å²) >= 11 is 0. The Bertz CT molecular complexity index is 596. The topological polar surface area (TPSA) is 12.0 Å². The molecule has 3 rings (SSSR count). The fraction of sp³-hybridized carbons (Fsp3) is 0.176. The second kappa shape index (κ2) is 4.69. The summed E-state index contributed by atoms with van der Waals surface area (Å²) in [5, 5.41) is 3.44. The van der Waals surface area contributed by atoms with Gasteiger partial charge in [-0.2, -0.15) is 0 Å². The molecule has 0 aliphatic heterocycles. The number of hydrogen-bond donors (Lipinski definition) is 1. The fourth-order valence-electron chi connectivity index (χ4n) is 2.60. The lowest BCUT2D eigenvalue weighted by Crippen LogP contribution is -2.00. The molecule has 1 nitrogen and oxygen atoms in total. The summed E-state index contributed by atoms with van der Waals surface area (Å²) in [6.07, 6.45) is 3.38. The third-order valence-corrected chi connectivity index (χ3v) is 3.42. The highest BCUT2D eigenvalue weighted by Crippen LogP contribution is 2.35. The Kier molecular flexibility index (Phi) is 2.89. The van der Waals surface area contributed by atoms with Gasteiger partial charge in [-0.05, 0) is 36.1 Å². The van der Waals surface area contributed by atoms with Gasteiger partial charge in [-0.25, -0.2) is 0 Å². The van der Waals surface area contributed by atoms with E-state index in [1.807, 2.05) is 0 Å². The van der Waals surface area contributed by atoms with E-state index in [1.54, 1.807) is 0 Å². The van der Waals surface area contributed by atoms with Crippen molar-refractivity contribution < 1.29 is 0 Å². The van der Waals surface area contributed by atoms with E-state index in [9.17, 15) is 0 Å². The molecule has 0 aromatic heterocycles. The van der Waals surface area contributed by atoms with E-state index < -0.39 is 0 Å². The van der Waals surface area contributed by atoms with Crippen LogP contribution in [-0.4, -0.2) is 6.54 Å². The molecule has 0 heterocycles. The molecule has 1 heteroatoms. The first-order chi connectivity index (χ1) is 8.90. The van der Waals surface area contributed by atoms with Crippen molar-refractivity contribution in [2.75, 3.05) is 11.9 Å². The van der Waals surface area contributed by atoms with E-state index in [1.165, 1.54) is 28.0 Å². The molecule has 0 amide bonds. The lowest BCUT2D eigenvalue weighted by molar-refractivity contribution is 1.21. The van der Waals surface area contributed by atoms with Crippen LogP contribution >= 0.6 is 0 Å². The molecule has 1 aliphatic rings. The van der Waals surface area contributed by atoms with Crippen molar-refractivity contribution in [2.45, 2.75) is 13.3 Å². The molecule has 18 heavy (non-hydrogen) atoms. The van der Waals surface area contributed by atoms with Crippen molar-refractivity contribution in [3.8, 4) is 0 Å². The minimum absolute atomic E-state index is 0.950. The van der Waals surface area contributed by atoms with Gasteiger partial charge < -0.3 is 5.32 Å². The molecule has 1 N–H and O–H groups in total. The van der Waals surface area contributed by atoms with E-state index in [0.717, 1.165) is 13.0 Å². The Labute approximate surface area is 108 Å². The highest BCUT2D eigenvalue weighted by Gasteiger charge is 2.16. The first kappa shape index (κ1) is 11.1. The van der Waals surface area contributed by atoms with Crippen LogP contribution < -0.4 is 5.32 Å². The second-order valence-electron chi connectivity index (χ2n) is 4.55. The van der Waals surface area contributed by atoms with Crippen LogP contribution in [0, 0.1) is 0 Å². The van der Waals surface area contributed by atoms with Gasteiger partial charge >= 0.3 is 0 Å². The number of benzene rings is 2. The molecule has 0 radical (unpaired) electrons. The summed E-state index contributed by atoms with van der Waals surface area (Å²) in [4.78, 5) is 0. The maximum absolute atomic E-state index is 3.44. The van der Waals surface area contributed by atoms with Gasteiger partial charge in [0.2, 0.25) is 0 Å². The molecular formula is C17H17N. The van der Waals surface area contributed by atoms with Crippen molar-refractivity contribution in [2.24, 2.45) is 0 Å². The van der Waals surface area contributed by atoms with Gasteiger partial charge in [0.1, 0.15) is 0 Å². The number of para-hydroxylation sites is 1. The molecule has 0 saturated heterocycles. The second-order valence-corrected chi connectivity index (χ2v) is 4.55. The van der Waals surface area contributed by atoms with Crippen LogP contribution in [0.3, 0.4) is 0 Å². The van der Waals surface area contributed by atoms with Crippen LogP contribution in [0.25, 0.3) is 5.57 Å². The molecule has 0 bridgehead atoms. The molecule has 90 valence electrons. The number of anilines is 1. The molecule has 0 unspecified atom stereocenters. The standard InChI is InChI=1S/C17H17N/c1-2-18-17-10-6-5-9-16(17)15-12-11-13-7-3-4-8-14(13)15/h3-10,12,18H,2,11H2,1H3. The zero-order chi connectivity index (χ0) is 12.4. The molecular weight excluding hydrogens is 218 g/mol. The lowest BCUT2D eigenvalue weighted by Gasteiger charge is -2.12. The maximum atomic E-state index is 3.44. The first-order valence-electron chi connectivity index (χ1n) is 6.52. The Morgan fingerprint density at radius 1 is 0.944 bits per heavy atom. The van der Waals surface area contributed by atoms with Gasteiger partial charge in [-0.1, -0.05) is 48.5 Å². The van der Waals surface area contributed by atoms with Crippen LogP contribution in [0.1, 0.15) is 23.6 Å². The normalized spacial score (nSPS) is 13.1. The summed E-state index contributed by atoms with van der Waals surface area (Å²) in [6.45, 7) is 3.08. The molecule has 2 aromatic carbocycles. The number of hydrogen-bond acceptors (Lipinski definition) is 1. The largest absolute Gasteiger partial charge is 0.385 e. The highest BCUT2D eigenvalue weighted by atomic mass is 14.9. The lowest BCUT2D eigenvalue weighted by atomic mass is 9.98. The van der Waals surface area contributed by atoms with Crippen molar-refractivity contribution in [1.29, 1.82) is 0 Å². The van der Waals surface area contributed by atoms with Crippen LogP contribution in [0.5, 0.6) is 0 Å². The summed E-state index contributed by atoms with van der Waals surface area (Å²) in [5.74, 6) is 0. The highest BCUT2D eigenvalue weighted by molar-refractivity contribution is 5.89. The summed E-state index contributed by atoms with van der Waals surface area (Å²) in [6, 6.07) is 17.2.